The molecule has 19 heavy (non-hydrogen) atoms. The molecule has 102 valence electrons. The van der Waals surface area contributed by atoms with Gasteiger partial charge in [-0.3, -0.25) is 4.79 Å². The molecule has 1 fully saturated rings. The van der Waals surface area contributed by atoms with Crippen molar-refractivity contribution in [2.45, 2.75) is 25.8 Å². The van der Waals surface area contributed by atoms with Crippen LogP contribution in [0.4, 0.5) is 0 Å². The van der Waals surface area contributed by atoms with Gasteiger partial charge in [0.15, 0.2) is 18.1 Å². The molecule has 0 radical (unpaired) electrons. The third-order valence-electron chi connectivity index (χ3n) is 2.85. The highest BCUT2D eigenvalue weighted by molar-refractivity contribution is 5.78. The third kappa shape index (κ3) is 4.02. The minimum atomic E-state index is -0.0814. The smallest absolute Gasteiger partial charge is 0.258 e. The van der Waals surface area contributed by atoms with E-state index >= 15 is 0 Å². The zero-order valence-electron chi connectivity index (χ0n) is 11.3. The van der Waals surface area contributed by atoms with E-state index in [1.54, 1.807) is 7.11 Å². The van der Waals surface area contributed by atoms with E-state index in [0.717, 1.165) is 18.4 Å². The summed E-state index contributed by atoms with van der Waals surface area (Å²) in [5.74, 6) is 1.14. The Kier molecular flexibility index (Phi) is 4.44. The van der Waals surface area contributed by atoms with Crippen LogP contribution in [0.25, 0.3) is 6.08 Å². The van der Waals surface area contributed by atoms with Gasteiger partial charge in [-0.05, 0) is 37.5 Å². The van der Waals surface area contributed by atoms with Crippen LogP contribution in [0.1, 0.15) is 25.3 Å². The van der Waals surface area contributed by atoms with Crippen molar-refractivity contribution in [1.29, 1.82) is 0 Å². The number of ether oxygens (including phenoxy) is 2. The average Bonchev–Trinajstić information content (AvgIpc) is 3.21. The molecular weight excluding hydrogens is 242 g/mol. The van der Waals surface area contributed by atoms with E-state index in [2.05, 4.69) is 5.32 Å². The van der Waals surface area contributed by atoms with Crippen LogP contribution in [-0.2, 0) is 4.79 Å². The lowest BCUT2D eigenvalue weighted by Crippen LogP contribution is -2.30. The quantitative estimate of drug-likeness (QED) is 0.855. The lowest BCUT2D eigenvalue weighted by Gasteiger charge is -2.11. The highest BCUT2D eigenvalue weighted by Crippen LogP contribution is 2.28. The zero-order chi connectivity index (χ0) is 13.7. The summed E-state index contributed by atoms with van der Waals surface area (Å²) in [5, 5.41) is 2.88. The molecule has 1 aromatic rings. The van der Waals surface area contributed by atoms with Crippen LogP contribution in [0, 0.1) is 0 Å². The first-order chi connectivity index (χ1) is 9.22. The van der Waals surface area contributed by atoms with Crippen LogP contribution in [0.5, 0.6) is 11.5 Å². The minimum absolute atomic E-state index is 0.0236. The Morgan fingerprint density at radius 2 is 2.21 bits per heavy atom. The first-order valence-corrected chi connectivity index (χ1v) is 6.46. The fourth-order valence-corrected chi connectivity index (χ4v) is 1.74. The summed E-state index contributed by atoms with van der Waals surface area (Å²) in [4.78, 5) is 11.5. The number of amides is 1. The Hall–Kier alpha value is -1.97. The van der Waals surface area contributed by atoms with Crippen molar-refractivity contribution in [2.75, 3.05) is 13.7 Å². The Morgan fingerprint density at radius 1 is 1.42 bits per heavy atom. The molecule has 0 bridgehead atoms. The molecule has 2 rings (SSSR count). The Balaban J connectivity index is 1.96. The summed E-state index contributed by atoms with van der Waals surface area (Å²) in [6.45, 7) is 1.98. The number of methoxy groups -OCH3 is 1. The summed E-state index contributed by atoms with van der Waals surface area (Å²) in [7, 11) is 1.59. The fraction of sp³-hybridized carbons (Fsp3) is 0.400. The predicted octanol–water partition coefficient (Wildman–Crippen LogP) is 2.39. The number of carbonyl (C=O) groups excluding carboxylic acids is 1. The third-order valence-corrected chi connectivity index (χ3v) is 2.85. The minimum Gasteiger partial charge on any atom is -0.493 e. The molecule has 1 aliphatic rings. The second-order valence-corrected chi connectivity index (χ2v) is 4.54. The molecule has 0 spiro atoms. The molecule has 0 aromatic heterocycles. The van der Waals surface area contributed by atoms with E-state index < -0.39 is 0 Å². The van der Waals surface area contributed by atoms with Gasteiger partial charge >= 0.3 is 0 Å². The van der Waals surface area contributed by atoms with Crippen LogP contribution in [-0.4, -0.2) is 25.7 Å². The number of nitrogens with one attached hydrogen (secondary N) is 1. The van der Waals surface area contributed by atoms with Crippen LogP contribution in [0.2, 0.25) is 0 Å². The highest BCUT2D eigenvalue weighted by Gasteiger charge is 2.23. The maximum atomic E-state index is 11.5. The van der Waals surface area contributed by atoms with Gasteiger partial charge in [0, 0.05) is 6.04 Å². The molecule has 1 aromatic carbocycles. The molecule has 1 aliphatic carbocycles. The van der Waals surface area contributed by atoms with Gasteiger partial charge in [-0.15, -0.1) is 0 Å². The van der Waals surface area contributed by atoms with Gasteiger partial charge in [-0.1, -0.05) is 18.2 Å². The van der Waals surface area contributed by atoms with Crippen molar-refractivity contribution in [3.63, 3.8) is 0 Å². The first kappa shape index (κ1) is 13.5. The van der Waals surface area contributed by atoms with Crippen molar-refractivity contribution < 1.29 is 14.3 Å². The molecule has 0 atom stereocenters. The van der Waals surface area contributed by atoms with Crippen molar-refractivity contribution in [2.24, 2.45) is 0 Å². The van der Waals surface area contributed by atoms with Gasteiger partial charge in [0.1, 0.15) is 0 Å². The number of hydrogen-bond acceptors (Lipinski definition) is 3. The van der Waals surface area contributed by atoms with Gasteiger partial charge in [-0.2, -0.15) is 0 Å². The van der Waals surface area contributed by atoms with Crippen LogP contribution < -0.4 is 14.8 Å². The number of allylic oxidation sites excluding steroid dienone is 1. The van der Waals surface area contributed by atoms with Gasteiger partial charge < -0.3 is 14.8 Å². The zero-order valence-corrected chi connectivity index (χ0v) is 11.3. The van der Waals surface area contributed by atoms with E-state index in [-0.39, 0.29) is 12.5 Å². The average molecular weight is 261 g/mol. The van der Waals surface area contributed by atoms with Crippen LogP contribution >= 0.6 is 0 Å². The molecule has 1 saturated carbocycles. The number of carbonyl (C=O) groups is 1. The predicted molar refractivity (Wildman–Crippen MR) is 74.4 cm³/mol. The Morgan fingerprint density at radius 3 is 2.84 bits per heavy atom. The monoisotopic (exact) mass is 261 g/mol. The van der Waals surface area contributed by atoms with E-state index in [9.17, 15) is 4.79 Å². The highest BCUT2D eigenvalue weighted by atomic mass is 16.5. The molecular formula is C15H19NO3. The molecule has 4 heteroatoms. The second-order valence-electron chi connectivity index (χ2n) is 4.54. The molecule has 0 heterocycles. The van der Waals surface area contributed by atoms with E-state index in [1.807, 2.05) is 37.3 Å². The van der Waals surface area contributed by atoms with Crippen LogP contribution in [0.3, 0.4) is 0 Å². The normalized spacial score (nSPS) is 14.4. The van der Waals surface area contributed by atoms with Crippen LogP contribution in [0.15, 0.2) is 24.3 Å². The van der Waals surface area contributed by atoms with Gasteiger partial charge in [0.25, 0.3) is 5.91 Å². The SMILES string of the molecule is C/C=C/c1ccc(OCC(=O)NC2CC2)c(OC)c1. The number of hydrogen-bond donors (Lipinski definition) is 1. The molecule has 1 N–H and O–H groups in total. The topological polar surface area (TPSA) is 47.6 Å². The van der Waals surface area contributed by atoms with Gasteiger partial charge in [-0.25, -0.2) is 0 Å². The van der Waals surface area contributed by atoms with E-state index in [1.165, 1.54) is 0 Å². The number of rotatable bonds is 6. The molecule has 4 nitrogen and oxygen atoms in total. The maximum absolute atomic E-state index is 11.5. The fourth-order valence-electron chi connectivity index (χ4n) is 1.74. The molecule has 0 saturated heterocycles. The summed E-state index contributed by atoms with van der Waals surface area (Å²) < 4.78 is 10.8. The molecule has 0 aliphatic heterocycles. The van der Waals surface area contributed by atoms with E-state index in [4.69, 9.17) is 9.47 Å². The summed E-state index contributed by atoms with van der Waals surface area (Å²) >= 11 is 0. The summed E-state index contributed by atoms with van der Waals surface area (Å²) in [6.07, 6.45) is 6.09. The molecule has 1 amide bonds. The maximum Gasteiger partial charge on any atom is 0.258 e. The number of benzene rings is 1. The summed E-state index contributed by atoms with van der Waals surface area (Å²) in [6, 6.07) is 5.98. The van der Waals surface area contributed by atoms with Crippen molar-refractivity contribution >= 4 is 12.0 Å². The second kappa shape index (κ2) is 6.27. The standard InChI is InChI=1S/C15H19NO3/c1-3-4-11-5-8-13(14(9-11)18-2)19-10-15(17)16-12-6-7-12/h3-5,8-9,12H,6-7,10H2,1-2H3,(H,16,17)/b4-3+. The Labute approximate surface area is 113 Å². The van der Waals surface area contributed by atoms with Crippen molar-refractivity contribution in [3.05, 3.63) is 29.8 Å². The lowest BCUT2D eigenvalue weighted by atomic mass is 10.2. The summed E-state index contributed by atoms with van der Waals surface area (Å²) in [5.41, 5.74) is 1.04. The largest absolute Gasteiger partial charge is 0.493 e. The van der Waals surface area contributed by atoms with Crippen molar-refractivity contribution in [3.8, 4) is 11.5 Å². The van der Waals surface area contributed by atoms with Gasteiger partial charge in [0.2, 0.25) is 0 Å². The molecule has 0 unspecified atom stereocenters. The van der Waals surface area contributed by atoms with Gasteiger partial charge in [0.05, 0.1) is 7.11 Å². The lowest BCUT2D eigenvalue weighted by molar-refractivity contribution is -0.123. The van der Waals surface area contributed by atoms with E-state index in [0.29, 0.717) is 17.5 Å². The van der Waals surface area contributed by atoms with Crippen molar-refractivity contribution in [1.82, 2.24) is 5.32 Å². The Bertz CT molecular complexity index is 478. The first-order valence-electron chi connectivity index (χ1n) is 6.46.